The van der Waals surface area contributed by atoms with E-state index < -0.39 is 0 Å². The molecule has 0 amide bonds. The van der Waals surface area contributed by atoms with Crippen LogP contribution in [0.3, 0.4) is 0 Å². The zero-order valence-electron chi connectivity index (χ0n) is 6.16. The summed E-state index contributed by atoms with van der Waals surface area (Å²) in [4.78, 5) is 0. The third-order valence-electron chi connectivity index (χ3n) is 1.96. The van der Waals surface area contributed by atoms with Crippen molar-refractivity contribution in [3.8, 4) is 0 Å². The van der Waals surface area contributed by atoms with Crippen LogP contribution in [0.4, 0.5) is 0 Å². The summed E-state index contributed by atoms with van der Waals surface area (Å²) in [5.74, 6) is 0.272. The summed E-state index contributed by atoms with van der Waals surface area (Å²) in [5.41, 5.74) is 0. The molecule has 2 N–H and O–H groups in total. The highest BCUT2D eigenvalue weighted by atomic mass is 16.5. The molecular formula is C7H14O3. The molecule has 0 aliphatic carbocycles. The molecule has 60 valence electrons. The van der Waals surface area contributed by atoms with Crippen molar-refractivity contribution >= 4 is 0 Å². The Hall–Kier alpha value is -0.120. The molecule has 10 heavy (non-hydrogen) atoms. The summed E-state index contributed by atoms with van der Waals surface area (Å²) in [6.45, 7) is 2.41. The van der Waals surface area contributed by atoms with Gasteiger partial charge in [0.2, 0.25) is 0 Å². The third-order valence-corrected chi connectivity index (χ3v) is 1.96. The Morgan fingerprint density at radius 3 is 2.80 bits per heavy atom. The minimum absolute atomic E-state index is 0.0634. The number of hydrogen-bond donors (Lipinski definition) is 2. The van der Waals surface area contributed by atoms with Gasteiger partial charge in [0.05, 0.1) is 25.4 Å². The first-order valence-corrected chi connectivity index (χ1v) is 3.64. The van der Waals surface area contributed by atoms with E-state index in [0.717, 1.165) is 6.42 Å². The van der Waals surface area contributed by atoms with Gasteiger partial charge in [0.15, 0.2) is 0 Å². The molecule has 1 aliphatic rings. The smallest absolute Gasteiger partial charge is 0.0833 e. The predicted octanol–water partition coefficient (Wildman–Crippen LogP) is -0.235. The molecule has 1 saturated heterocycles. The molecule has 0 saturated carbocycles. The maximum absolute atomic E-state index is 9.09. The van der Waals surface area contributed by atoms with Gasteiger partial charge in [-0.25, -0.2) is 0 Å². The third kappa shape index (κ3) is 1.68. The lowest BCUT2D eigenvalue weighted by molar-refractivity contribution is -0.102. The molecule has 3 nitrogen and oxygen atoms in total. The van der Waals surface area contributed by atoms with Gasteiger partial charge in [-0.15, -0.1) is 0 Å². The minimum atomic E-state index is -0.335. The fourth-order valence-electron chi connectivity index (χ4n) is 1.28. The monoisotopic (exact) mass is 146 g/mol. The van der Waals surface area contributed by atoms with Crippen LogP contribution in [0.15, 0.2) is 0 Å². The summed E-state index contributed by atoms with van der Waals surface area (Å²) < 4.78 is 5.15. The van der Waals surface area contributed by atoms with Crippen LogP contribution >= 0.6 is 0 Å². The van der Waals surface area contributed by atoms with Gasteiger partial charge in [0, 0.05) is 0 Å². The standard InChI is InChI=1S/C7H14O3/c1-5-2-6(9)4-10-7(5)3-8/h5-9H,2-4H2,1H3. The lowest BCUT2D eigenvalue weighted by atomic mass is 9.95. The van der Waals surface area contributed by atoms with E-state index in [0.29, 0.717) is 6.61 Å². The normalized spacial score (nSPS) is 41.7. The largest absolute Gasteiger partial charge is 0.394 e. The molecule has 1 rings (SSSR count). The zero-order chi connectivity index (χ0) is 7.56. The van der Waals surface area contributed by atoms with E-state index in [1.807, 2.05) is 6.92 Å². The number of aliphatic hydroxyl groups excluding tert-OH is 2. The van der Waals surface area contributed by atoms with Crippen molar-refractivity contribution in [2.24, 2.45) is 5.92 Å². The van der Waals surface area contributed by atoms with Gasteiger partial charge in [-0.1, -0.05) is 6.92 Å². The highest BCUT2D eigenvalue weighted by Gasteiger charge is 2.25. The van der Waals surface area contributed by atoms with Crippen LogP contribution in [-0.4, -0.2) is 35.6 Å². The first-order chi connectivity index (χ1) is 4.74. The van der Waals surface area contributed by atoms with Gasteiger partial charge in [-0.05, 0) is 12.3 Å². The van der Waals surface area contributed by atoms with Crippen molar-refractivity contribution < 1.29 is 14.9 Å². The Balaban J connectivity index is 2.36. The molecule has 3 unspecified atom stereocenters. The van der Waals surface area contributed by atoms with E-state index in [1.54, 1.807) is 0 Å². The molecule has 0 aromatic heterocycles. The van der Waals surface area contributed by atoms with Crippen molar-refractivity contribution in [3.05, 3.63) is 0 Å². The van der Waals surface area contributed by atoms with Crippen molar-refractivity contribution in [2.45, 2.75) is 25.6 Å². The van der Waals surface area contributed by atoms with Gasteiger partial charge in [-0.2, -0.15) is 0 Å². The van der Waals surface area contributed by atoms with Crippen LogP contribution < -0.4 is 0 Å². The molecule has 3 heteroatoms. The quantitative estimate of drug-likeness (QED) is 0.537. The molecule has 1 aliphatic heterocycles. The van der Waals surface area contributed by atoms with E-state index in [-0.39, 0.29) is 24.7 Å². The molecule has 1 heterocycles. The second-order valence-electron chi connectivity index (χ2n) is 2.92. The second kappa shape index (κ2) is 3.32. The summed E-state index contributed by atoms with van der Waals surface area (Å²) in [6.07, 6.45) is 0.340. The first kappa shape index (κ1) is 7.98. The molecule has 0 spiro atoms. The Bertz CT molecular complexity index is 105. The van der Waals surface area contributed by atoms with Crippen LogP contribution in [0.2, 0.25) is 0 Å². The lowest BCUT2D eigenvalue weighted by Gasteiger charge is -2.30. The summed E-state index contributed by atoms with van der Waals surface area (Å²) >= 11 is 0. The number of aliphatic hydroxyl groups is 2. The highest BCUT2D eigenvalue weighted by Crippen LogP contribution is 2.19. The van der Waals surface area contributed by atoms with Crippen LogP contribution in [0, 0.1) is 5.92 Å². The molecule has 1 fully saturated rings. The molecule has 3 atom stereocenters. The van der Waals surface area contributed by atoms with E-state index in [2.05, 4.69) is 0 Å². The molecule has 0 bridgehead atoms. The van der Waals surface area contributed by atoms with Crippen molar-refractivity contribution in [3.63, 3.8) is 0 Å². The molecule has 0 radical (unpaired) electrons. The number of ether oxygens (including phenoxy) is 1. The first-order valence-electron chi connectivity index (χ1n) is 3.64. The zero-order valence-corrected chi connectivity index (χ0v) is 6.16. The second-order valence-corrected chi connectivity index (χ2v) is 2.92. The van der Waals surface area contributed by atoms with Gasteiger partial charge < -0.3 is 14.9 Å². The summed E-state index contributed by atoms with van der Waals surface area (Å²) in [7, 11) is 0. The fourth-order valence-corrected chi connectivity index (χ4v) is 1.28. The minimum Gasteiger partial charge on any atom is -0.394 e. The van der Waals surface area contributed by atoms with Gasteiger partial charge >= 0.3 is 0 Å². The average Bonchev–Trinajstić information content (AvgIpc) is 1.88. The van der Waals surface area contributed by atoms with E-state index in [1.165, 1.54) is 0 Å². The van der Waals surface area contributed by atoms with E-state index in [4.69, 9.17) is 14.9 Å². The van der Waals surface area contributed by atoms with Crippen LogP contribution in [-0.2, 0) is 4.74 Å². The summed E-state index contributed by atoms with van der Waals surface area (Å²) in [5, 5.41) is 17.8. The number of hydrogen-bond acceptors (Lipinski definition) is 3. The molecular weight excluding hydrogens is 132 g/mol. The van der Waals surface area contributed by atoms with Crippen LogP contribution in [0.1, 0.15) is 13.3 Å². The fraction of sp³-hybridized carbons (Fsp3) is 1.00. The predicted molar refractivity (Wildman–Crippen MR) is 36.6 cm³/mol. The Kier molecular flexibility index (Phi) is 2.65. The highest BCUT2D eigenvalue weighted by molar-refractivity contribution is 4.74. The Labute approximate surface area is 60.6 Å². The van der Waals surface area contributed by atoms with Crippen LogP contribution in [0.5, 0.6) is 0 Å². The molecule has 0 aromatic carbocycles. The van der Waals surface area contributed by atoms with E-state index in [9.17, 15) is 0 Å². The Morgan fingerprint density at radius 1 is 1.60 bits per heavy atom. The Morgan fingerprint density at radius 2 is 2.30 bits per heavy atom. The molecule has 0 aromatic rings. The SMILES string of the molecule is CC1CC(O)COC1CO. The van der Waals surface area contributed by atoms with Crippen molar-refractivity contribution in [1.29, 1.82) is 0 Å². The number of rotatable bonds is 1. The van der Waals surface area contributed by atoms with Gasteiger partial charge in [0.1, 0.15) is 0 Å². The lowest BCUT2D eigenvalue weighted by Crippen LogP contribution is -2.37. The van der Waals surface area contributed by atoms with Gasteiger partial charge in [0.25, 0.3) is 0 Å². The van der Waals surface area contributed by atoms with Crippen LogP contribution in [0.25, 0.3) is 0 Å². The van der Waals surface area contributed by atoms with Crippen molar-refractivity contribution in [2.75, 3.05) is 13.2 Å². The summed E-state index contributed by atoms with van der Waals surface area (Å²) in [6, 6.07) is 0. The maximum atomic E-state index is 9.09. The average molecular weight is 146 g/mol. The van der Waals surface area contributed by atoms with E-state index >= 15 is 0 Å². The topological polar surface area (TPSA) is 49.7 Å². The maximum Gasteiger partial charge on any atom is 0.0833 e. The van der Waals surface area contributed by atoms with Crippen molar-refractivity contribution in [1.82, 2.24) is 0 Å². The van der Waals surface area contributed by atoms with Gasteiger partial charge in [-0.3, -0.25) is 0 Å².